The van der Waals surface area contributed by atoms with Crippen molar-refractivity contribution < 1.29 is 9.53 Å². The number of carbonyl (C=O) groups excluding carboxylic acids is 1. The van der Waals surface area contributed by atoms with Crippen molar-refractivity contribution in [3.05, 3.63) is 17.6 Å². The van der Waals surface area contributed by atoms with Crippen LogP contribution in [-0.2, 0) is 4.74 Å². The fourth-order valence-electron chi connectivity index (χ4n) is 3.12. The highest BCUT2D eigenvalue weighted by atomic mass is 16.5. The van der Waals surface area contributed by atoms with Crippen LogP contribution in [0.2, 0.25) is 0 Å². The highest BCUT2D eigenvalue weighted by Gasteiger charge is 2.35. The lowest BCUT2D eigenvalue weighted by Gasteiger charge is -2.41. The zero-order chi connectivity index (χ0) is 14.3. The average molecular weight is 275 g/mol. The smallest absolute Gasteiger partial charge is 0.358 e. The minimum atomic E-state index is -0.408. The lowest BCUT2D eigenvalue weighted by Crippen LogP contribution is -2.46. The number of nitrogens with zero attached hydrogens (tertiary/aromatic N) is 3. The second-order valence-corrected chi connectivity index (χ2v) is 6.24. The molecule has 2 aliphatic rings. The van der Waals surface area contributed by atoms with Crippen molar-refractivity contribution in [1.29, 1.82) is 0 Å². The van der Waals surface area contributed by atoms with Gasteiger partial charge in [0.2, 0.25) is 0 Å². The Morgan fingerprint density at radius 1 is 1.30 bits per heavy atom. The molecule has 2 fully saturated rings. The fourth-order valence-corrected chi connectivity index (χ4v) is 3.12. The van der Waals surface area contributed by atoms with E-state index in [0.717, 1.165) is 43.4 Å². The minimum absolute atomic E-state index is 0.319. The summed E-state index contributed by atoms with van der Waals surface area (Å²) in [5.74, 6) is 2.45. The van der Waals surface area contributed by atoms with Gasteiger partial charge in [-0.25, -0.2) is 14.8 Å². The number of anilines is 1. The number of hydrogen-bond donors (Lipinski definition) is 0. The van der Waals surface area contributed by atoms with Crippen LogP contribution in [0.4, 0.5) is 5.82 Å². The van der Waals surface area contributed by atoms with Crippen LogP contribution in [0.1, 0.15) is 48.8 Å². The summed E-state index contributed by atoms with van der Waals surface area (Å²) in [5, 5.41) is 0. The zero-order valence-corrected chi connectivity index (χ0v) is 12.3. The predicted molar refractivity (Wildman–Crippen MR) is 75.9 cm³/mol. The normalized spacial score (nSPS) is 25.9. The highest BCUT2D eigenvalue weighted by molar-refractivity contribution is 5.87. The Hall–Kier alpha value is -1.65. The SMILES string of the molecule is COC(=O)c1cnc(N2CC(C)C2)c(C2CC(C)C2)n1. The number of hydrogen-bond acceptors (Lipinski definition) is 5. The van der Waals surface area contributed by atoms with Gasteiger partial charge in [-0.2, -0.15) is 0 Å². The summed E-state index contributed by atoms with van der Waals surface area (Å²) in [5.41, 5.74) is 1.30. The molecule has 0 amide bonds. The number of methoxy groups -OCH3 is 1. The van der Waals surface area contributed by atoms with E-state index in [4.69, 9.17) is 4.74 Å². The van der Waals surface area contributed by atoms with Crippen molar-refractivity contribution in [2.24, 2.45) is 11.8 Å². The van der Waals surface area contributed by atoms with E-state index >= 15 is 0 Å². The van der Waals surface area contributed by atoms with Gasteiger partial charge in [0, 0.05) is 19.0 Å². The Bertz CT molecular complexity index is 520. The van der Waals surface area contributed by atoms with E-state index in [2.05, 4.69) is 28.7 Å². The molecule has 1 aromatic heterocycles. The lowest BCUT2D eigenvalue weighted by molar-refractivity contribution is 0.0593. The first-order chi connectivity index (χ1) is 9.58. The first-order valence-corrected chi connectivity index (χ1v) is 7.28. The maximum absolute atomic E-state index is 11.6. The average Bonchev–Trinajstić information content (AvgIpc) is 2.39. The monoisotopic (exact) mass is 275 g/mol. The summed E-state index contributed by atoms with van der Waals surface area (Å²) >= 11 is 0. The van der Waals surface area contributed by atoms with Crippen LogP contribution in [0, 0.1) is 11.8 Å². The van der Waals surface area contributed by atoms with E-state index in [9.17, 15) is 4.79 Å². The highest BCUT2D eigenvalue weighted by Crippen LogP contribution is 2.44. The summed E-state index contributed by atoms with van der Waals surface area (Å²) in [6.07, 6.45) is 3.81. The molecule has 5 heteroatoms. The van der Waals surface area contributed by atoms with Gasteiger partial charge in [0.25, 0.3) is 0 Å². The van der Waals surface area contributed by atoms with Crippen LogP contribution < -0.4 is 4.90 Å². The van der Waals surface area contributed by atoms with Crippen molar-refractivity contribution in [2.75, 3.05) is 25.1 Å². The Balaban J connectivity index is 1.90. The van der Waals surface area contributed by atoms with Gasteiger partial charge in [0.05, 0.1) is 19.0 Å². The van der Waals surface area contributed by atoms with Crippen molar-refractivity contribution in [1.82, 2.24) is 9.97 Å². The predicted octanol–water partition coefficient (Wildman–Crippen LogP) is 2.23. The number of aromatic nitrogens is 2. The second-order valence-electron chi connectivity index (χ2n) is 6.24. The molecule has 1 saturated carbocycles. The molecule has 5 nitrogen and oxygen atoms in total. The van der Waals surface area contributed by atoms with Crippen molar-refractivity contribution in [2.45, 2.75) is 32.6 Å². The molecular formula is C15H21N3O2. The standard InChI is InChI=1S/C15H21N3O2/c1-9-4-11(5-9)13-14(18-7-10(2)8-18)16-6-12(17-13)15(19)20-3/h6,9-11H,4-5,7-8H2,1-3H3. The van der Waals surface area contributed by atoms with Crippen LogP contribution in [0.3, 0.4) is 0 Å². The lowest BCUT2D eigenvalue weighted by atomic mass is 9.74. The van der Waals surface area contributed by atoms with Gasteiger partial charge >= 0.3 is 5.97 Å². The molecule has 3 rings (SSSR count). The zero-order valence-electron chi connectivity index (χ0n) is 12.3. The summed E-state index contributed by atoms with van der Waals surface area (Å²) in [6, 6.07) is 0. The molecule has 0 N–H and O–H groups in total. The number of rotatable bonds is 3. The number of ether oxygens (including phenoxy) is 1. The van der Waals surface area contributed by atoms with Gasteiger partial charge in [-0.05, 0) is 24.7 Å². The molecular weight excluding hydrogens is 254 g/mol. The molecule has 0 radical (unpaired) electrons. The molecule has 1 saturated heterocycles. The molecule has 1 aromatic rings. The Morgan fingerprint density at radius 3 is 2.55 bits per heavy atom. The third-order valence-electron chi connectivity index (χ3n) is 4.30. The maximum Gasteiger partial charge on any atom is 0.358 e. The molecule has 108 valence electrons. The van der Waals surface area contributed by atoms with Gasteiger partial charge < -0.3 is 9.64 Å². The van der Waals surface area contributed by atoms with E-state index in [-0.39, 0.29) is 0 Å². The number of carbonyl (C=O) groups is 1. The Labute approximate surface area is 119 Å². The van der Waals surface area contributed by atoms with E-state index < -0.39 is 5.97 Å². The van der Waals surface area contributed by atoms with Crippen LogP contribution in [-0.4, -0.2) is 36.1 Å². The largest absolute Gasteiger partial charge is 0.464 e. The summed E-state index contributed by atoms with van der Waals surface area (Å²) in [6.45, 7) is 6.54. The van der Waals surface area contributed by atoms with E-state index in [1.54, 1.807) is 0 Å². The molecule has 1 aliphatic carbocycles. The first-order valence-electron chi connectivity index (χ1n) is 7.28. The summed E-state index contributed by atoms with van der Waals surface area (Å²) in [7, 11) is 1.38. The van der Waals surface area contributed by atoms with Gasteiger partial charge in [-0.3, -0.25) is 0 Å². The van der Waals surface area contributed by atoms with Gasteiger partial charge in [-0.1, -0.05) is 13.8 Å². The van der Waals surface area contributed by atoms with E-state index in [0.29, 0.717) is 17.5 Å². The Morgan fingerprint density at radius 2 is 2.00 bits per heavy atom. The minimum Gasteiger partial charge on any atom is -0.464 e. The third-order valence-corrected chi connectivity index (χ3v) is 4.30. The van der Waals surface area contributed by atoms with Gasteiger partial charge in [-0.15, -0.1) is 0 Å². The van der Waals surface area contributed by atoms with Crippen LogP contribution in [0.5, 0.6) is 0 Å². The van der Waals surface area contributed by atoms with E-state index in [1.807, 2.05) is 0 Å². The van der Waals surface area contributed by atoms with Crippen LogP contribution >= 0.6 is 0 Å². The maximum atomic E-state index is 11.6. The molecule has 2 heterocycles. The van der Waals surface area contributed by atoms with E-state index in [1.165, 1.54) is 13.3 Å². The molecule has 0 unspecified atom stereocenters. The third kappa shape index (κ3) is 2.25. The van der Waals surface area contributed by atoms with Crippen LogP contribution in [0.15, 0.2) is 6.20 Å². The number of esters is 1. The van der Waals surface area contributed by atoms with Crippen molar-refractivity contribution >= 4 is 11.8 Å². The Kier molecular flexibility index (Phi) is 3.36. The summed E-state index contributed by atoms with van der Waals surface area (Å²) in [4.78, 5) is 22.9. The first kappa shape index (κ1) is 13.3. The molecule has 0 aromatic carbocycles. The molecule has 0 atom stereocenters. The second kappa shape index (κ2) is 5.04. The van der Waals surface area contributed by atoms with Gasteiger partial charge in [0.1, 0.15) is 0 Å². The summed E-state index contributed by atoms with van der Waals surface area (Å²) < 4.78 is 4.75. The molecule has 20 heavy (non-hydrogen) atoms. The van der Waals surface area contributed by atoms with Crippen molar-refractivity contribution in [3.8, 4) is 0 Å². The quantitative estimate of drug-likeness (QED) is 0.792. The molecule has 0 spiro atoms. The topological polar surface area (TPSA) is 55.3 Å². The molecule has 0 bridgehead atoms. The molecule has 1 aliphatic heterocycles. The fraction of sp³-hybridized carbons (Fsp3) is 0.667. The van der Waals surface area contributed by atoms with Crippen molar-refractivity contribution in [3.63, 3.8) is 0 Å². The van der Waals surface area contributed by atoms with Gasteiger partial charge in [0.15, 0.2) is 11.5 Å². The van der Waals surface area contributed by atoms with Crippen LogP contribution in [0.25, 0.3) is 0 Å².